The number of nitrogens with zero attached hydrogens (tertiary/aromatic N) is 4. The maximum absolute atomic E-state index is 12.6. The van der Waals surface area contributed by atoms with Crippen LogP contribution in [0.5, 0.6) is 5.75 Å². The molecule has 0 radical (unpaired) electrons. The molecule has 1 aromatic carbocycles. The van der Waals surface area contributed by atoms with Gasteiger partial charge < -0.3 is 9.64 Å². The van der Waals surface area contributed by atoms with E-state index in [2.05, 4.69) is 5.10 Å². The number of carbonyl (C=O) groups is 1. The summed E-state index contributed by atoms with van der Waals surface area (Å²) in [6, 6.07) is 5.24. The number of fused-ring (bicyclic) bond motifs is 1. The second-order valence-corrected chi connectivity index (χ2v) is 5.61. The Balaban J connectivity index is 1.92. The SMILES string of the molecule is CC1CN(C(=O)Cn2ncn(C)c2=O)c2cccc(Cl)c2O1. The van der Waals surface area contributed by atoms with Gasteiger partial charge in [-0.05, 0) is 19.1 Å². The van der Waals surface area contributed by atoms with E-state index in [4.69, 9.17) is 16.3 Å². The smallest absolute Gasteiger partial charge is 0.345 e. The summed E-state index contributed by atoms with van der Waals surface area (Å²) in [5.74, 6) is 0.254. The molecule has 3 rings (SSSR count). The number of amides is 1. The highest BCUT2D eigenvalue weighted by atomic mass is 35.5. The van der Waals surface area contributed by atoms with Gasteiger partial charge in [0.1, 0.15) is 19.0 Å². The number of hydrogen-bond acceptors (Lipinski definition) is 4. The lowest BCUT2D eigenvalue weighted by Crippen LogP contribution is -2.45. The van der Waals surface area contributed by atoms with Crippen molar-refractivity contribution in [2.24, 2.45) is 7.05 Å². The molecular weight excluding hydrogens is 308 g/mol. The molecule has 0 aliphatic carbocycles. The van der Waals surface area contributed by atoms with E-state index in [0.717, 1.165) is 4.68 Å². The zero-order chi connectivity index (χ0) is 15.9. The fraction of sp³-hybridized carbons (Fsp3) is 0.357. The highest BCUT2D eigenvalue weighted by Gasteiger charge is 2.29. The number of rotatable bonds is 2. The fourth-order valence-corrected chi connectivity index (χ4v) is 2.61. The normalized spacial score (nSPS) is 17.0. The van der Waals surface area contributed by atoms with Crippen molar-refractivity contribution in [1.29, 1.82) is 0 Å². The third kappa shape index (κ3) is 2.48. The molecule has 1 amide bonds. The van der Waals surface area contributed by atoms with Crippen LogP contribution in [0.25, 0.3) is 0 Å². The van der Waals surface area contributed by atoms with Gasteiger partial charge in [-0.15, -0.1) is 0 Å². The van der Waals surface area contributed by atoms with Gasteiger partial charge in [0.25, 0.3) is 0 Å². The van der Waals surface area contributed by atoms with E-state index in [9.17, 15) is 9.59 Å². The molecule has 8 heteroatoms. The van der Waals surface area contributed by atoms with Gasteiger partial charge in [0.2, 0.25) is 5.91 Å². The summed E-state index contributed by atoms with van der Waals surface area (Å²) in [7, 11) is 1.59. The number of carbonyl (C=O) groups excluding carboxylic acids is 1. The lowest BCUT2D eigenvalue weighted by Gasteiger charge is -2.33. The Hall–Kier alpha value is -2.28. The van der Waals surface area contributed by atoms with Crippen molar-refractivity contribution >= 4 is 23.2 Å². The van der Waals surface area contributed by atoms with E-state index in [1.807, 2.05) is 6.92 Å². The molecule has 0 spiro atoms. The molecule has 1 unspecified atom stereocenters. The second-order valence-electron chi connectivity index (χ2n) is 5.20. The average Bonchev–Trinajstić information content (AvgIpc) is 2.79. The van der Waals surface area contributed by atoms with Gasteiger partial charge >= 0.3 is 5.69 Å². The standard InChI is InChI=1S/C14H15ClN4O3/c1-9-6-18(11-5-3-4-10(15)13(11)22-9)12(20)7-19-14(21)17(2)8-16-19/h3-5,8-9H,6-7H2,1-2H3. The van der Waals surface area contributed by atoms with Gasteiger partial charge in [-0.2, -0.15) is 5.10 Å². The third-order valence-electron chi connectivity index (χ3n) is 3.47. The Morgan fingerprint density at radius 2 is 2.27 bits per heavy atom. The van der Waals surface area contributed by atoms with Crippen molar-refractivity contribution < 1.29 is 9.53 Å². The van der Waals surface area contributed by atoms with E-state index in [1.54, 1.807) is 30.1 Å². The molecule has 1 aromatic heterocycles. The number of aryl methyl sites for hydroxylation is 1. The maximum Gasteiger partial charge on any atom is 0.345 e. The fourth-order valence-electron chi connectivity index (χ4n) is 2.40. The summed E-state index contributed by atoms with van der Waals surface area (Å²) in [6.07, 6.45) is 1.19. The number of ether oxygens (including phenoxy) is 1. The van der Waals surface area contributed by atoms with Crippen molar-refractivity contribution in [1.82, 2.24) is 14.3 Å². The predicted molar refractivity (Wildman–Crippen MR) is 81.4 cm³/mol. The molecule has 2 heterocycles. The Labute approximate surface area is 131 Å². The molecule has 0 bridgehead atoms. The van der Waals surface area contributed by atoms with E-state index in [1.165, 1.54) is 10.9 Å². The number of halogens is 1. The van der Waals surface area contributed by atoms with Crippen LogP contribution in [0.1, 0.15) is 6.92 Å². The molecular formula is C14H15ClN4O3. The molecule has 116 valence electrons. The van der Waals surface area contributed by atoms with Crippen LogP contribution in [0, 0.1) is 0 Å². The lowest BCUT2D eigenvalue weighted by molar-refractivity contribution is -0.119. The van der Waals surface area contributed by atoms with Crippen LogP contribution >= 0.6 is 11.6 Å². The van der Waals surface area contributed by atoms with Crippen molar-refractivity contribution in [3.05, 3.63) is 40.0 Å². The zero-order valence-electron chi connectivity index (χ0n) is 12.2. The molecule has 2 aromatic rings. The summed E-state index contributed by atoms with van der Waals surface area (Å²) >= 11 is 6.13. The first kappa shape index (κ1) is 14.6. The topological polar surface area (TPSA) is 69.4 Å². The monoisotopic (exact) mass is 322 g/mol. The maximum atomic E-state index is 12.6. The number of para-hydroxylation sites is 1. The summed E-state index contributed by atoms with van der Waals surface area (Å²) in [5, 5.41) is 4.36. The van der Waals surface area contributed by atoms with Gasteiger partial charge in [0.15, 0.2) is 5.75 Å². The minimum absolute atomic E-state index is 0.127. The van der Waals surface area contributed by atoms with Crippen molar-refractivity contribution in [3.8, 4) is 5.75 Å². The van der Waals surface area contributed by atoms with E-state index in [-0.39, 0.29) is 24.2 Å². The van der Waals surface area contributed by atoms with Gasteiger partial charge in [0, 0.05) is 7.05 Å². The zero-order valence-corrected chi connectivity index (χ0v) is 12.9. The highest BCUT2D eigenvalue weighted by molar-refractivity contribution is 6.32. The molecule has 1 aliphatic rings. The first-order chi connectivity index (χ1) is 10.5. The lowest BCUT2D eigenvalue weighted by atomic mass is 10.2. The van der Waals surface area contributed by atoms with Crippen LogP contribution in [0.2, 0.25) is 5.02 Å². The minimum atomic E-state index is -0.332. The Morgan fingerprint density at radius 3 is 2.95 bits per heavy atom. The van der Waals surface area contributed by atoms with Crippen LogP contribution in [0.15, 0.2) is 29.3 Å². The summed E-state index contributed by atoms with van der Waals surface area (Å²) in [4.78, 5) is 25.9. The molecule has 1 aliphatic heterocycles. The Kier molecular flexibility index (Phi) is 3.66. The predicted octanol–water partition coefficient (Wildman–Crippen LogP) is 1.05. The van der Waals surface area contributed by atoms with Crippen LogP contribution in [0.4, 0.5) is 5.69 Å². The van der Waals surface area contributed by atoms with Crippen LogP contribution < -0.4 is 15.3 Å². The van der Waals surface area contributed by atoms with Crippen molar-refractivity contribution in [2.45, 2.75) is 19.6 Å². The van der Waals surface area contributed by atoms with E-state index < -0.39 is 0 Å². The van der Waals surface area contributed by atoms with E-state index >= 15 is 0 Å². The van der Waals surface area contributed by atoms with Crippen LogP contribution in [0.3, 0.4) is 0 Å². The highest BCUT2D eigenvalue weighted by Crippen LogP contribution is 2.39. The Morgan fingerprint density at radius 1 is 1.50 bits per heavy atom. The number of anilines is 1. The molecule has 0 N–H and O–H groups in total. The molecule has 22 heavy (non-hydrogen) atoms. The second kappa shape index (κ2) is 5.49. The van der Waals surface area contributed by atoms with Crippen molar-refractivity contribution in [3.63, 3.8) is 0 Å². The summed E-state index contributed by atoms with van der Waals surface area (Å²) in [5.41, 5.74) is 0.278. The molecule has 0 fully saturated rings. The quantitative estimate of drug-likeness (QED) is 0.828. The molecule has 7 nitrogen and oxygen atoms in total. The van der Waals surface area contributed by atoms with Gasteiger partial charge in [0.05, 0.1) is 17.3 Å². The Bertz CT molecular complexity index is 783. The molecule has 1 atom stereocenters. The van der Waals surface area contributed by atoms with Crippen LogP contribution in [-0.2, 0) is 18.4 Å². The summed E-state index contributed by atoms with van der Waals surface area (Å²) < 4.78 is 8.16. The van der Waals surface area contributed by atoms with Gasteiger partial charge in [-0.3, -0.25) is 9.36 Å². The number of benzene rings is 1. The van der Waals surface area contributed by atoms with E-state index in [0.29, 0.717) is 23.0 Å². The van der Waals surface area contributed by atoms with Crippen molar-refractivity contribution in [2.75, 3.05) is 11.4 Å². The number of aromatic nitrogens is 3. The largest absolute Gasteiger partial charge is 0.485 e. The van der Waals surface area contributed by atoms with Gasteiger partial charge in [-0.25, -0.2) is 9.48 Å². The molecule has 0 saturated heterocycles. The third-order valence-corrected chi connectivity index (χ3v) is 3.77. The average molecular weight is 323 g/mol. The number of hydrogen-bond donors (Lipinski definition) is 0. The summed E-state index contributed by atoms with van der Waals surface area (Å²) in [6.45, 7) is 2.13. The molecule has 0 saturated carbocycles. The first-order valence-electron chi connectivity index (χ1n) is 6.81. The first-order valence-corrected chi connectivity index (χ1v) is 7.19. The minimum Gasteiger partial charge on any atom is -0.485 e. The van der Waals surface area contributed by atoms with Gasteiger partial charge in [-0.1, -0.05) is 17.7 Å². The van der Waals surface area contributed by atoms with Crippen LogP contribution in [-0.4, -0.2) is 32.9 Å².